The second-order valence-electron chi connectivity index (χ2n) is 5.12. The number of rotatable bonds is 4. The predicted molar refractivity (Wildman–Crippen MR) is 86.1 cm³/mol. The maximum Gasteiger partial charge on any atom is 0.339 e. The highest BCUT2D eigenvalue weighted by Gasteiger charge is 2.20. The Kier molecular flexibility index (Phi) is 5.51. The van der Waals surface area contributed by atoms with Crippen molar-refractivity contribution < 1.29 is 23.1 Å². The van der Waals surface area contributed by atoms with Crippen molar-refractivity contribution in [3.05, 3.63) is 64.2 Å². The molecule has 0 aliphatic rings. The largest absolute Gasteiger partial charge is 0.449 e. The van der Waals surface area contributed by atoms with Gasteiger partial charge in [-0.2, -0.15) is 0 Å². The molecule has 0 bridgehead atoms. The number of nitrogens with one attached hydrogen (secondary N) is 1. The van der Waals surface area contributed by atoms with Gasteiger partial charge in [0.05, 0.1) is 11.3 Å². The van der Waals surface area contributed by atoms with Gasteiger partial charge in [-0.25, -0.2) is 13.6 Å². The molecule has 1 amide bonds. The average Bonchev–Trinajstić information content (AvgIpc) is 2.52. The summed E-state index contributed by atoms with van der Waals surface area (Å²) >= 11 is 5.62. The highest BCUT2D eigenvalue weighted by atomic mass is 35.5. The van der Waals surface area contributed by atoms with Crippen LogP contribution in [-0.4, -0.2) is 18.0 Å². The molecule has 0 aliphatic heterocycles. The van der Waals surface area contributed by atoms with Gasteiger partial charge < -0.3 is 10.1 Å². The fourth-order valence-corrected chi connectivity index (χ4v) is 1.99. The number of carbonyl (C=O) groups excluding carboxylic acids is 2. The van der Waals surface area contributed by atoms with E-state index < -0.39 is 29.6 Å². The number of hydrogen-bond acceptors (Lipinski definition) is 3. The van der Waals surface area contributed by atoms with E-state index in [1.807, 2.05) is 0 Å². The molecule has 0 fully saturated rings. The number of halogens is 3. The number of anilines is 1. The Bertz CT molecular complexity index is 795. The van der Waals surface area contributed by atoms with E-state index >= 15 is 0 Å². The zero-order valence-corrected chi connectivity index (χ0v) is 13.7. The van der Waals surface area contributed by atoms with Gasteiger partial charge >= 0.3 is 5.97 Å². The minimum Gasteiger partial charge on any atom is -0.449 e. The summed E-state index contributed by atoms with van der Waals surface area (Å²) in [6.07, 6.45) is -1.20. The Hall–Kier alpha value is -2.47. The molecule has 2 aromatic carbocycles. The first-order valence-electron chi connectivity index (χ1n) is 7.01. The molecule has 0 aliphatic carbocycles. The summed E-state index contributed by atoms with van der Waals surface area (Å²) in [5.74, 6) is -2.84. The van der Waals surface area contributed by atoms with Crippen molar-refractivity contribution >= 4 is 29.2 Å². The Labute approximate surface area is 142 Å². The molecule has 0 heterocycles. The normalized spacial score (nSPS) is 11.7. The molecule has 0 saturated heterocycles. The summed E-state index contributed by atoms with van der Waals surface area (Å²) in [6, 6.07) is 7.60. The van der Waals surface area contributed by atoms with Crippen LogP contribution in [0.2, 0.25) is 5.02 Å². The molecule has 0 unspecified atom stereocenters. The van der Waals surface area contributed by atoms with Crippen LogP contribution < -0.4 is 5.32 Å². The van der Waals surface area contributed by atoms with Gasteiger partial charge in [-0.15, -0.1) is 0 Å². The van der Waals surface area contributed by atoms with Crippen molar-refractivity contribution in [2.24, 2.45) is 0 Å². The number of amides is 1. The zero-order chi connectivity index (χ0) is 17.9. The first-order chi connectivity index (χ1) is 11.3. The van der Waals surface area contributed by atoms with Crippen molar-refractivity contribution in [3.8, 4) is 0 Å². The molecule has 0 spiro atoms. The summed E-state index contributed by atoms with van der Waals surface area (Å²) in [5, 5.41) is 2.48. The number of carbonyl (C=O) groups is 2. The van der Waals surface area contributed by atoms with Gasteiger partial charge in [-0.3, -0.25) is 4.79 Å². The lowest BCUT2D eigenvalue weighted by atomic mass is 10.1. The third-order valence-corrected chi connectivity index (χ3v) is 3.48. The van der Waals surface area contributed by atoms with Crippen LogP contribution in [0.5, 0.6) is 0 Å². The SMILES string of the molecule is Cc1ccc(C(=O)O[C@@H](C)C(=O)Nc2ccc(Cl)cc2F)cc1F. The molecular formula is C17H14ClF2NO3. The van der Waals surface area contributed by atoms with Crippen LogP contribution in [0.1, 0.15) is 22.8 Å². The van der Waals surface area contributed by atoms with E-state index in [1.54, 1.807) is 6.92 Å². The van der Waals surface area contributed by atoms with E-state index in [0.29, 0.717) is 5.56 Å². The Morgan fingerprint density at radius 2 is 1.83 bits per heavy atom. The number of aryl methyl sites for hydroxylation is 1. The summed E-state index contributed by atoms with van der Waals surface area (Å²) in [5.41, 5.74) is 0.277. The lowest BCUT2D eigenvalue weighted by molar-refractivity contribution is -0.123. The first kappa shape index (κ1) is 17.9. The monoisotopic (exact) mass is 353 g/mol. The van der Waals surface area contributed by atoms with E-state index in [4.69, 9.17) is 16.3 Å². The van der Waals surface area contributed by atoms with Gasteiger partial charge in [0.2, 0.25) is 0 Å². The highest BCUT2D eigenvalue weighted by Crippen LogP contribution is 2.19. The van der Waals surface area contributed by atoms with Crippen LogP contribution in [0, 0.1) is 18.6 Å². The molecule has 1 N–H and O–H groups in total. The fourth-order valence-electron chi connectivity index (χ4n) is 1.83. The van der Waals surface area contributed by atoms with Crippen molar-refractivity contribution in [2.45, 2.75) is 20.0 Å². The van der Waals surface area contributed by atoms with E-state index in [1.165, 1.54) is 31.2 Å². The lowest BCUT2D eigenvalue weighted by Crippen LogP contribution is -2.30. The first-order valence-corrected chi connectivity index (χ1v) is 7.39. The standard InChI is InChI=1S/C17H14ClF2NO3/c1-9-3-4-11(7-13(9)19)17(23)24-10(2)16(22)21-15-6-5-12(18)8-14(15)20/h3-8,10H,1-2H3,(H,21,22)/t10-/m0/s1. The molecule has 0 saturated carbocycles. The van der Waals surface area contributed by atoms with Crippen LogP contribution in [0.25, 0.3) is 0 Å². The Morgan fingerprint density at radius 3 is 2.46 bits per heavy atom. The Balaban J connectivity index is 2.02. The van der Waals surface area contributed by atoms with Crippen LogP contribution in [0.15, 0.2) is 36.4 Å². The third-order valence-electron chi connectivity index (χ3n) is 3.25. The minimum atomic E-state index is -1.20. The van der Waals surface area contributed by atoms with E-state index in [-0.39, 0.29) is 16.3 Å². The van der Waals surface area contributed by atoms with E-state index in [2.05, 4.69) is 5.32 Å². The van der Waals surface area contributed by atoms with Gasteiger partial charge in [-0.05, 0) is 49.7 Å². The van der Waals surface area contributed by atoms with Gasteiger partial charge in [0.15, 0.2) is 6.10 Å². The van der Waals surface area contributed by atoms with E-state index in [9.17, 15) is 18.4 Å². The molecule has 2 aromatic rings. The predicted octanol–water partition coefficient (Wildman–Crippen LogP) is 4.11. The van der Waals surface area contributed by atoms with Crippen molar-refractivity contribution in [1.29, 1.82) is 0 Å². The maximum atomic E-state index is 13.6. The van der Waals surface area contributed by atoms with Crippen LogP contribution in [0.4, 0.5) is 14.5 Å². The molecule has 1 atom stereocenters. The fraction of sp³-hybridized carbons (Fsp3) is 0.176. The number of hydrogen-bond donors (Lipinski definition) is 1. The lowest BCUT2D eigenvalue weighted by Gasteiger charge is -2.14. The van der Waals surface area contributed by atoms with Crippen molar-refractivity contribution in [3.63, 3.8) is 0 Å². The molecule has 7 heteroatoms. The topological polar surface area (TPSA) is 55.4 Å². The summed E-state index contributed by atoms with van der Waals surface area (Å²) < 4.78 is 32.1. The number of benzene rings is 2. The summed E-state index contributed by atoms with van der Waals surface area (Å²) in [6.45, 7) is 2.88. The average molecular weight is 354 g/mol. The second-order valence-corrected chi connectivity index (χ2v) is 5.56. The van der Waals surface area contributed by atoms with Crippen LogP contribution in [0.3, 0.4) is 0 Å². The van der Waals surface area contributed by atoms with E-state index in [0.717, 1.165) is 12.1 Å². The number of esters is 1. The smallest absolute Gasteiger partial charge is 0.339 e. The van der Waals surface area contributed by atoms with Gasteiger partial charge in [-0.1, -0.05) is 17.7 Å². The van der Waals surface area contributed by atoms with Crippen LogP contribution in [-0.2, 0) is 9.53 Å². The molecule has 0 aromatic heterocycles. The maximum absolute atomic E-state index is 13.6. The molecule has 24 heavy (non-hydrogen) atoms. The second kappa shape index (κ2) is 7.40. The summed E-state index contributed by atoms with van der Waals surface area (Å²) in [7, 11) is 0. The van der Waals surface area contributed by atoms with Crippen molar-refractivity contribution in [2.75, 3.05) is 5.32 Å². The highest BCUT2D eigenvalue weighted by molar-refractivity contribution is 6.30. The molecule has 4 nitrogen and oxygen atoms in total. The molecule has 2 rings (SSSR count). The van der Waals surface area contributed by atoms with Gasteiger partial charge in [0, 0.05) is 5.02 Å². The molecule has 126 valence electrons. The van der Waals surface area contributed by atoms with Gasteiger partial charge in [0.25, 0.3) is 5.91 Å². The van der Waals surface area contributed by atoms with Gasteiger partial charge in [0.1, 0.15) is 11.6 Å². The summed E-state index contributed by atoms with van der Waals surface area (Å²) in [4.78, 5) is 23.9. The minimum absolute atomic E-state index is 0.0181. The molecule has 0 radical (unpaired) electrons. The quantitative estimate of drug-likeness (QED) is 0.841. The van der Waals surface area contributed by atoms with Crippen molar-refractivity contribution in [1.82, 2.24) is 0 Å². The Morgan fingerprint density at radius 1 is 1.12 bits per heavy atom. The van der Waals surface area contributed by atoms with Crippen LogP contribution >= 0.6 is 11.6 Å². The third kappa shape index (κ3) is 4.29. The number of ether oxygens (including phenoxy) is 1. The zero-order valence-electron chi connectivity index (χ0n) is 12.9. The molecular weight excluding hydrogens is 340 g/mol.